The molecule has 2 N–H and O–H groups in total. The Labute approximate surface area is 99.6 Å². The van der Waals surface area contributed by atoms with Gasteiger partial charge in [0.25, 0.3) is 0 Å². The molecular formula is C13H27NO2. The summed E-state index contributed by atoms with van der Waals surface area (Å²) in [7, 11) is 1.69. The van der Waals surface area contributed by atoms with Gasteiger partial charge in [0.2, 0.25) is 0 Å². The van der Waals surface area contributed by atoms with E-state index in [1.807, 2.05) is 0 Å². The van der Waals surface area contributed by atoms with Gasteiger partial charge in [-0.05, 0) is 24.7 Å². The van der Waals surface area contributed by atoms with Crippen LogP contribution >= 0.6 is 0 Å². The lowest BCUT2D eigenvalue weighted by Crippen LogP contribution is -2.49. The number of hydrogen-bond donors (Lipinski definition) is 2. The number of nitrogens with one attached hydrogen (secondary N) is 1. The highest BCUT2D eigenvalue weighted by Gasteiger charge is 2.28. The summed E-state index contributed by atoms with van der Waals surface area (Å²) >= 11 is 0. The van der Waals surface area contributed by atoms with E-state index >= 15 is 0 Å². The topological polar surface area (TPSA) is 41.5 Å². The Morgan fingerprint density at radius 3 is 2.56 bits per heavy atom. The number of aliphatic hydroxyl groups is 1. The zero-order valence-corrected chi connectivity index (χ0v) is 10.9. The fraction of sp³-hybridized carbons (Fsp3) is 1.00. The second-order valence-corrected chi connectivity index (χ2v) is 5.30. The van der Waals surface area contributed by atoms with Gasteiger partial charge in [0, 0.05) is 13.2 Å². The van der Waals surface area contributed by atoms with Gasteiger partial charge in [-0.15, -0.1) is 0 Å². The molecule has 3 heteroatoms. The molecule has 1 saturated carbocycles. The quantitative estimate of drug-likeness (QED) is 0.730. The predicted molar refractivity (Wildman–Crippen MR) is 66.5 cm³/mol. The molecule has 0 aromatic heterocycles. The van der Waals surface area contributed by atoms with Crippen LogP contribution in [0.4, 0.5) is 0 Å². The molecule has 3 nitrogen and oxygen atoms in total. The van der Waals surface area contributed by atoms with Crippen LogP contribution in [0, 0.1) is 11.8 Å². The van der Waals surface area contributed by atoms with Crippen molar-refractivity contribution >= 4 is 0 Å². The van der Waals surface area contributed by atoms with Crippen molar-refractivity contribution in [2.24, 2.45) is 11.8 Å². The van der Waals surface area contributed by atoms with Gasteiger partial charge < -0.3 is 15.2 Å². The van der Waals surface area contributed by atoms with E-state index < -0.39 is 0 Å². The molecule has 0 aromatic carbocycles. The van der Waals surface area contributed by atoms with E-state index in [2.05, 4.69) is 19.2 Å². The summed E-state index contributed by atoms with van der Waals surface area (Å²) in [6.45, 7) is 5.36. The standard InChI is InChI=1S/C13H27NO2/c1-10(2)12-6-4-5-7-13(12)14-11(8-15)9-16-3/h10-15H,4-9H2,1-3H3. The highest BCUT2D eigenvalue weighted by Crippen LogP contribution is 2.30. The summed E-state index contributed by atoms with van der Waals surface area (Å²) in [5.41, 5.74) is 0. The van der Waals surface area contributed by atoms with Crippen LogP contribution in [0.25, 0.3) is 0 Å². The smallest absolute Gasteiger partial charge is 0.0638 e. The summed E-state index contributed by atoms with van der Waals surface area (Å²) in [4.78, 5) is 0. The normalized spacial score (nSPS) is 28.3. The van der Waals surface area contributed by atoms with Crippen LogP contribution in [0.3, 0.4) is 0 Å². The van der Waals surface area contributed by atoms with Gasteiger partial charge in [0.05, 0.1) is 19.3 Å². The summed E-state index contributed by atoms with van der Waals surface area (Å²) < 4.78 is 5.11. The van der Waals surface area contributed by atoms with Crippen molar-refractivity contribution in [1.82, 2.24) is 5.32 Å². The summed E-state index contributed by atoms with van der Waals surface area (Å²) in [5, 5.41) is 12.8. The van der Waals surface area contributed by atoms with E-state index in [-0.39, 0.29) is 12.6 Å². The first-order chi connectivity index (χ1) is 7.69. The molecule has 96 valence electrons. The highest BCUT2D eigenvalue weighted by molar-refractivity contribution is 4.85. The van der Waals surface area contributed by atoms with Crippen LogP contribution < -0.4 is 5.32 Å². The SMILES string of the molecule is COCC(CO)NC1CCCCC1C(C)C. The molecule has 0 saturated heterocycles. The molecule has 0 aliphatic heterocycles. The third-order valence-electron chi connectivity index (χ3n) is 3.71. The van der Waals surface area contributed by atoms with E-state index in [9.17, 15) is 5.11 Å². The molecule has 1 aliphatic rings. The molecule has 3 atom stereocenters. The second-order valence-electron chi connectivity index (χ2n) is 5.30. The lowest BCUT2D eigenvalue weighted by Gasteiger charge is -2.37. The maximum absolute atomic E-state index is 9.27. The van der Waals surface area contributed by atoms with Crippen molar-refractivity contribution in [1.29, 1.82) is 0 Å². The van der Waals surface area contributed by atoms with E-state index in [0.29, 0.717) is 12.6 Å². The number of methoxy groups -OCH3 is 1. The average molecular weight is 229 g/mol. The third-order valence-corrected chi connectivity index (χ3v) is 3.71. The summed E-state index contributed by atoms with van der Waals surface area (Å²) in [6.07, 6.45) is 5.23. The van der Waals surface area contributed by atoms with E-state index in [0.717, 1.165) is 11.8 Å². The van der Waals surface area contributed by atoms with Crippen LogP contribution in [0.15, 0.2) is 0 Å². The zero-order valence-electron chi connectivity index (χ0n) is 10.9. The van der Waals surface area contributed by atoms with E-state index in [4.69, 9.17) is 4.74 Å². The van der Waals surface area contributed by atoms with Gasteiger partial charge in [-0.1, -0.05) is 26.7 Å². The Bertz CT molecular complexity index is 185. The van der Waals surface area contributed by atoms with Crippen LogP contribution in [-0.4, -0.2) is 37.5 Å². The molecule has 3 unspecified atom stereocenters. The number of aliphatic hydroxyl groups excluding tert-OH is 1. The van der Waals surface area contributed by atoms with Crippen molar-refractivity contribution in [2.45, 2.75) is 51.6 Å². The molecule has 1 rings (SSSR count). The average Bonchev–Trinajstić information content (AvgIpc) is 2.29. The largest absolute Gasteiger partial charge is 0.395 e. The minimum Gasteiger partial charge on any atom is -0.395 e. The minimum atomic E-state index is 0.0920. The predicted octanol–water partition coefficient (Wildman–Crippen LogP) is 1.80. The zero-order chi connectivity index (χ0) is 12.0. The lowest BCUT2D eigenvalue weighted by atomic mass is 9.77. The van der Waals surface area contributed by atoms with E-state index in [1.165, 1.54) is 25.7 Å². The molecule has 0 amide bonds. The van der Waals surface area contributed by atoms with Crippen LogP contribution in [-0.2, 0) is 4.74 Å². The van der Waals surface area contributed by atoms with Crippen molar-refractivity contribution in [3.05, 3.63) is 0 Å². The molecule has 1 aliphatic carbocycles. The Kier molecular flexibility index (Phi) is 6.32. The van der Waals surface area contributed by atoms with Crippen LogP contribution in [0.2, 0.25) is 0 Å². The second kappa shape index (κ2) is 7.25. The van der Waals surface area contributed by atoms with Gasteiger partial charge in [-0.2, -0.15) is 0 Å². The van der Waals surface area contributed by atoms with Crippen LogP contribution in [0.1, 0.15) is 39.5 Å². The highest BCUT2D eigenvalue weighted by atomic mass is 16.5. The van der Waals surface area contributed by atoms with Crippen molar-refractivity contribution < 1.29 is 9.84 Å². The molecule has 0 spiro atoms. The minimum absolute atomic E-state index is 0.0920. The van der Waals surface area contributed by atoms with Gasteiger partial charge in [0.15, 0.2) is 0 Å². The summed E-state index contributed by atoms with van der Waals surface area (Å²) in [5.74, 6) is 1.47. The van der Waals surface area contributed by atoms with Crippen molar-refractivity contribution in [3.8, 4) is 0 Å². The molecule has 0 heterocycles. The fourth-order valence-electron chi connectivity index (χ4n) is 2.82. The molecule has 1 fully saturated rings. The van der Waals surface area contributed by atoms with E-state index in [1.54, 1.807) is 7.11 Å². The van der Waals surface area contributed by atoms with Gasteiger partial charge in [-0.25, -0.2) is 0 Å². The maximum atomic E-state index is 9.27. The molecule has 0 radical (unpaired) electrons. The first-order valence-electron chi connectivity index (χ1n) is 6.54. The molecule has 0 bridgehead atoms. The van der Waals surface area contributed by atoms with Gasteiger partial charge in [-0.3, -0.25) is 0 Å². The summed E-state index contributed by atoms with van der Waals surface area (Å²) in [6, 6.07) is 0.649. The Hall–Kier alpha value is -0.120. The Morgan fingerprint density at radius 1 is 1.31 bits per heavy atom. The molecule has 0 aromatic rings. The first-order valence-corrected chi connectivity index (χ1v) is 6.54. The molecular weight excluding hydrogens is 202 g/mol. The maximum Gasteiger partial charge on any atom is 0.0638 e. The van der Waals surface area contributed by atoms with Crippen molar-refractivity contribution in [2.75, 3.05) is 20.3 Å². The molecule has 16 heavy (non-hydrogen) atoms. The van der Waals surface area contributed by atoms with Crippen molar-refractivity contribution in [3.63, 3.8) is 0 Å². The number of hydrogen-bond acceptors (Lipinski definition) is 3. The fourth-order valence-corrected chi connectivity index (χ4v) is 2.82. The monoisotopic (exact) mass is 229 g/mol. The Balaban J connectivity index is 2.47. The van der Waals surface area contributed by atoms with Gasteiger partial charge >= 0.3 is 0 Å². The Morgan fingerprint density at radius 2 is 2.00 bits per heavy atom. The third kappa shape index (κ3) is 4.04. The lowest BCUT2D eigenvalue weighted by molar-refractivity contribution is 0.101. The first kappa shape index (κ1) is 13.9. The number of ether oxygens (including phenoxy) is 1. The van der Waals surface area contributed by atoms with Crippen LogP contribution in [0.5, 0.6) is 0 Å². The number of rotatable bonds is 6. The van der Waals surface area contributed by atoms with Gasteiger partial charge in [0.1, 0.15) is 0 Å².